The topological polar surface area (TPSA) is 12.9 Å². The van der Waals surface area contributed by atoms with Crippen LogP contribution in [0.25, 0.3) is 11.1 Å². The molecule has 2 aromatic rings. The molecule has 1 nitrogen and oxygen atoms in total. The zero-order chi connectivity index (χ0) is 12.4. The molecular formula is C14H13F2N. The number of halogens is 2. The number of benzene rings is 1. The Morgan fingerprint density at radius 2 is 1.71 bits per heavy atom. The Kier molecular flexibility index (Phi) is 3.18. The normalized spacial score (nSPS) is 10.9. The van der Waals surface area contributed by atoms with Gasteiger partial charge in [0.15, 0.2) is 0 Å². The molecule has 1 heterocycles. The van der Waals surface area contributed by atoms with E-state index < -0.39 is 11.6 Å². The Balaban J connectivity index is 2.53. The van der Waals surface area contributed by atoms with Crippen molar-refractivity contribution >= 4 is 0 Å². The molecule has 88 valence electrons. The van der Waals surface area contributed by atoms with Crippen LogP contribution in [0.1, 0.15) is 25.3 Å². The van der Waals surface area contributed by atoms with Gasteiger partial charge < -0.3 is 0 Å². The number of hydrogen-bond acceptors (Lipinski definition) is 1. The van der Waals surface area contributed by atoms with Crippen molar-refractivity contribution < 1.29 is 8.78 Å². The molecule has 0 saturated heterocycles. The molecule has 0 unspecified atom stereocenters. The van der Waals surface area contributed by atoms with Crippen LogP contribution in [0, 0.1) is 11.6 Å². The lowest BCUT2D eigenvalue weighted by Crippen LogP contribution is -1.98. The average molecular weight is 233 g/mol. The van der Waals surface area contributed by atoms with Gasteiger partial charge in [-0.3, -0.25) is 4.98 Å². The fourth-order valence-electron chi connectivity index (χ4n) is 1.84. The van der Waals surface area contributed by atoms with Gasteiger partial charge in [0.25, 0.3) is 0 Å². The lowest BCUT2D eigenvalue weighted by atomic mass is 9.98. The molecular weight excluding hydrogens is 220 g/mol. The second-order valence-corrected chi connectivity index (χ2v) is 4.25. The minimum absolute atomic E-state index is 0.137. The summed E-state index contributed by atoms with van der Waals surface area (Å²) >= 11 is 0. The molecule has 0 atom stereocenters. The summed E-state index contributed by atoms with van der Waals surface area (Å²) in [6.07, 6.45) is 3.21. The molecule has 0 aliphatic carbocycles. The number of pyridine rings is 1. The van der Waals surface area contributed by atoms with Crippen LogP contribution in [-0.2, 0) is 0 Å². The van der Waals surface area contributed by atoms with E-state index in [9.17, 15) is 8.78 Å². The van der Waals surface area contributed by atoms with Crippen molar-refractivity contribution in [2.75, 3.05) is 0 Å². The van der Waals surface area contributed by atoms with Gasteiger partial charge in [-0.05, 0) is 29.7 Å². The summed E-state index contributed by atoms with van der Waals surface area (Å²) in [5, 5.41) is 0. The van der Waals surface area contributed by atoms with Gasteiger partial charge in [0.1, 0.15) is 11.6 Å². The third-order valence-corrected chi connectivity index (χ3v) is 2.65. The lowest BCUT2D eigenvalue weighted by Gasteiger charge is -2.10. The Labute approximate surface area is 99.1 Å². The van der Waals surface area contributed by atoms with Crippen LogP contribution in [0.3, 0.4) is 0 Å². The summed E-state index contributed by atoms with van der Waals surface area (Å²) < 4.78 is 27.6. The minimum Gasteiger partial charge on any atom is -0.264 e. The van der Waals surface area contributed by atoms with Gasteiger partial charge in [-0.1, -0.05) is 19.9 Å². The highest BCUT2D eigenvalue weighted by Gasteiger charge is 2.14. The van der Waals surface area contributed by atoms with Crippen LogP contribution >= 0.6 is 0 Å². The third kappa shape index (κ3) is 2.33. The third-order valence-electron chi connectivity index (χ3n) is 2.65. The molecule has 0 amide bonds. The molecule has 1 aromatic heterocycles. The fraction of sp³-hybridized carbons (Fsp3) is 0.214. The number of nitrogens with zero attached hydrogens (tertiary/aromatic N) is 1. The highest BCUT2D eigenvalue weighted by Crippen LogP contribution is 2.27. The summed E-state index contributed by atoms with van der Waals surface area (Å²) in [5.74, 6) is -1.17. The highest BCUT2D eigenvalue weighted by molar-refractivity contribution is 5.63. The molecule has 0 bridgehead atoms. The predicted molar refractivity (Wildman–Crippen MR) is 63.7 cm³/mol. The van der Waals surface area contributed by atoms with Crippen LogP contribution in [-0.4, -0.2) is 4.98 Å². The minimum atomic E-state index is -0.501. The van der Waals surface area contributed by atoms with E-state index in [1.165, 1.54) is 12.1 Å². The van der Waals surface area contributed by atoms with Gasteiger partial charge in [-0.2, -0.15) is 0 Å². The fourth-order valence-corrected chi connectivity index (χ4v) is 1.84. The van der Waals surface area contributed by atoms with E-state index in [1.807, 2.05) is 0 Å². The van der Waals surface area contributed by atoms with Crippen molar-refractivity contribution in [3.8, 4) is 11.1 Å². The molecule has 1 aromatic carbocycles. The molecule has 0 aliphatic rings. The van der Waals surface area contributed by atoms with Gasteiger partial charge >= 0.3 is 0 Å². The maximum Gasteiger partial charge on any atom is 0.130 e. The smallest absolute Gasteiger partial charge is 0.130 e. The van der Waals surface area contributed by atoms with E-state index in [0.717, 1.165) is 0 Å². The monoisotopic (exact) mass is 233 g/mol. The molecule has 0 radical (unpaired) electrons. The van der Waals surface area contributed by atoms with Gasteiger partial charge in [0.2, 0.25) is 0 Å². The lowest BCUT2D eigenvalue weighted by molar-refractivity contribution is 0.542. The first kappa shape index (κ1) is 11.7. The molecule has 0 spiro atoms. The zero-order valence-electron chi connectivity index (χ0n) is 9.74. The molecule has 0 fully saturated rings. The summed E-state index contributed by atoms with van der Waals surface area (Å²) in [4.78, 5) is 3.93. The van der Waals surface area contributed by atoms with E-state index >= 15 is 0 Å². The Bertz CT molecular complexity index is 498. The van der Waals surface area contributed by atoms with Crippen molar-refractivity contribution in [1.29, 1.82) is 0 Å². The van der Waals surface area contributed by atoms with Gasteiger partial charge in [0, 0.05) is 23.5 Å². The van der Waals surface area contributed by atoms with Gasteiger partial charge in [0.05, 0.1) is 0 Å². The maximum atomic E-state index is 13.8. The molecule has 3 heteroatoms. The first-order valence-electron chi connectivity index (χ1n) is 5.49. The quantitative estimate of drug-likeness (QED) is 0.759. The van der Waals surface area contributed by atoms with Crippen molar-refractivity contribution in [3.05, 3.63) is 53.9 Å². The molecule has 0 aliphatic heterocycles. The Morgan fingerprint density at radius 1 is 1.06 bits per heavy atom. The van der Waals surface area contributed by atoms with E-state index in [0.29, 0.717) is 11.1 Å². The van der Waals surface area contributed by atoms with E-state index in [4.69, 9.17) is 0 Å². The van der Waals surface area contributed by atoms with E-state index in [1.54, 1.807) is 38.4 Å². The van der Waals surface area contributed by atoms with Crippen LogP contribution in [0.5, 0.6) is 0 Å². The summed E-state index contributed by atoms with van der Waals surface area (Å²) in [7, 11) is 0. The summed E-state index contributed by atoms with van der Waals surface area (Å²) in [5.41, 5.74) is 1.36. The van der Waals surface area contributed by atoms with Crippen LogP contribution in [0.4, 0.5) is 8.78 Å². The molecule has 2 rings (SSSR count). The van der Waals surface area contributed by atoms with E-state index in [2.05, 4.69) is 4.98 Å². The van der Waals surface area contributed by atoms with E-state index in [-0.39, 0.29) is 11.5 Å². The average Bonchev–Trinajstić information content (AvgIpc) is 2.28. The Morgan fingerprint density at radius 3 is 2.18 bits per heavy atom. The predicted octanol–water partition coefficient (Wildman–Crippen LogP) is 4.15. The standard InChI is InChI=1S/C14H13F2N/c1-9(2)14-12(15)6-11(7-13(14)16)10-4-3-5-17-8-10/h3-9H,1-2H3. The van der Waals surface area contributed by atoms with Gasteiger partial charge in [-0.15, -0.1) is 0 Å². The molecule has 0 saturated carbocycles. The van der Waals surface area contributed by atoms with Crippen molar-refractivity contribution in [3.63, 3.8) is 0 Å². The van der Waals surface area contributed by atoms with Crippen LogP contribution in [0.15, 0.2) is 36.7 Å². The second kappa shape index (κ2) is 4.62. The molecule has 0 N–H and O–H groups in total. The zero-order valence-corrected chi connectivity index (χ0v) is 9.74. The molecule has 17 heavy (non-hydrogen) atoms. The first-order valence-corrected chi connectivity index (χ1v) is 5.49. The van der Waals surface area contributed by atoms with Crippen molar-refractivity contribution in [2.45, 2.75) is 19.8 Å². The number of aromatic nitrogens is 1. The van der Waals surface area contributed by atoms with Crippen LogP contribution in [0.2, 0.25) is 0 Å². The maximum absolute atomic E-state index is 13.8. The van der Waals surface area contributed by atoms with Crippen LogP contribution < -0.4 is 0 Å². The van der Waals surface area contributed by atoms with Crippen molar-refractivity contribution in [2.24, 2.45) is 0 Å². The number of rotatable bonds is 2. The van der Waals surface area contributed by atoms with Crippen molar-refractivity contribution in [1.82, 2.24) is 4.98 Å². The number of hydrogen-bond donors (Lipinski definition) is 0. The SMILES string of the molecule is CC(C)c1c(F)cc(-c2cccnc2)cc1F. The highest BCUT2D eigenvalue weighted by atomic mass is 19.1. The largest absolute Gasteiger partial charge is 0.264 e. The summed E-state index contributed by atoms with van der Waals surface area (Å²) in [6.45, 7) is 3.54. The first-order chi connectivity index (χ1) is 8.09. The Hall–Kier alpha value is -1.77. The summed E-state index contributed by atoms with van der Waals surface area (Å²) in [6, 6.07) is 6.22. The second-order valence-electron chi connectivity index (χ2n) is 4.25. The van der Waals surface area contributed by atoms with Gasteiger partial charge in [-0.25, -0.2) is 8.78 Å².